The number of benzene rings is 3. The second-order valence-corrected chi connectivity index (χ2v) is 7.47. The molecule has 2 heterocycles. The first-order valence-electron chi connectivity index (χ1n) is 9.92. The molecule has 0 saturated carbocycles. The summed E-state index contributed by atoms with van der Waals surface area (Å²) < 4.78 is 1.53. The van der Waals surface area contributed by atoms with Gasteiger partial charge in [0.05, 0.1) is 17.4 Å². The van der Waals surface area contributed by atoms with Crippen LogP contribution in [0.2, 0.25) is 0 Å². The zero-order chi connectivity index (χ0) is 22.2. The van der Waals surface area contributed by atoms with Crippen molar-refractivity contribution >= 4 is 16.8 Å². The topological polar surface area (TPSA) is 95.6 Å². The van der Waals surface area contributed by atoms with E-state index in [-0.39, 0.29) is 22.8 Å². The summed E-state index contributed by atoms with van der Waals surface area (Å²) in [5.74, 6) is -0.567. The van der Waals surface area contributed by atoms with E-state index < -0.39 is 5.91 Å². The molecule has 0 amide bonds. The zero-order valence-corrected chi connectivity index (χ0v) is 16.8. The molecule has 0 saturated heterocycles. The molecule has 0 aliphatic rings. The van der Waals surface area contributed by atoms with E-state index in [9.17, 15) is 20.1 Å². The van der Waals surface area contributed by atoms with Crippen LogP contribution >= 0.6 is 0 Å². The number of rotatable bonds is 3. The van der Waals surface area contributed by atoms with Crippen molar-refractivity contribution in [1.82, 2.24) is 9.55 Å². The Labute approximate surface area is 183 Å². The van der Waals surface area contributed by atoms with Gasteiger partial charge in [-0.3, -0.25) is 14.3 Å². The smallest absolute Gasteiger partial charge is 0.263 e. The number of fused-ring (bicyclic) bond motifs is 1. The highest BCUT2D eigenvalue weighted by atomic mass is 16.3. The van der Waals surface area contributed by atoms with E-state index in [1.807, 2.05) is 48.5 Å². The molecular weight excluding hydrogens is 404 g/mol. The summed E-state index contributed by atoms with van der Waals surface area (Å²) in [6.45, 7) is 0. The van der Waals surface area contributed by atoms with Gasteiger partial charge in [-0.05, 0) is 53.1 Å². The fourth-order valence-electron chi connectivity index (χ4n) is 3.81. The van der Waals surface area contributed by atoms with Gasteiger partial charge in [-0.25, -0.2) is 0 Å². The number of hydrogen-bond donors (Lipinski definition) is 3. The highest BCUT2D eigenvalue weighted by molar-refractivity contribution is 6.06. The van der Waals surface area contributed by atoms with Crippen LogP contribution in [0, 0.1) is 0 Å². The van der Waals surface area contributed by atoms with Gasteiger partial charge in [0, 0.05) is 23.2 Å². The summed E-state index contributed by atoms with van der Waals surface area (Å²) in [6, 6.07) is 22.3. The highest BCUT2D eigenvalue weighted by Gasteiger charge is 2.19. The fourth-order valence-corrected chi connectivity index (χ4v) is 3.81. The summed E-state index contributed by atoms with van der Waals surface area (Å²) in [4.78, 5) is 17.6. The second-order valence-electron chi connectivity index (χ2n) is 7.47. The van der Waals surface area contributed by atoms with E-state index in [4.69, 9.17) is 0 Å². The monoisotopic (exact) mass is 422 g/mol. The molecule has 0 unspecified atom stereocenters. The SMILES string of the molecule is O=C(c1cc(O)cc(O)c1)n1c(-c2ccc(-c3ccc(O)cc3)cc2)cc2ccncc21. The number of phenols is 3. The molecule has 0 aliphatic heterocycles. The normalized spacial score (nSPS) is 11.0. The third kappa shape index (κ3) is 3.44. The van der Waals surface area contributed by atoms with E-state index in [0.29, 0.717) is 11.2 Å². The Morgan fingerprint density at radius 1 is 0.688 bits per heavy atom. The van der Waals surface area contributed by atoms with Crippen LogP contribution in [-0.4, -0.2) is 30.8 Å². The Morgan fingerprint density at radius 2 is 1.28 bits per heavy atom. The van der Waals surface area contributed by atoms with Gasteiger partial charge < -0.3 is 15.3 Å². The molecule has 5 rings (SSSR count). The van der Waals surface area contributed by atoms with Crippen LogP contribution in [0.4, 0.5) is 0 Å². The number of carbonyl (C=O) groups excluding carboxylic acids is 1. The van der Waals surface area contributed by atoms with E-state index in [0.717, 1.165) is 22.1 Å². The van der Waals surface area contributed by atoms with Crippen LogP contribution in [-0.2, 0) is 0 Å². The standard InChI is InChI=1S/C26H18N2O4/c29-21-7-5-17(6-8-21)16-1-3-18(4-2-16)24-13-19-9-10-27-15-25(19)28(24)26(32)20-11-22(30)14-23(31)12-20/h1-15,29-31H. The molecule has 5 aromatic rings. The Kier molecular flexibility index (Phi) is 4.60. The zero-order valence-electron chi connectivity index (χ0n) is 16.8. The predicted molar refractivity (Wildman–Crippen MR) is 122 cm³/mol. The maximum Gasteiger partial charge on any atom is 0.263 e. The Bertz CT molecular complexity index is 1430. The van der Waals surface area contributed by atoms with E-state index in [1.54, 1.807) is 24.5 Å². The number of phenolic OH excluding ortho intramolecular Hbond substituents is 3. The molecule has 32 heavy (non-hydrogen) atoms. The maximum atomic E-state index is 13.4. The van der Waals surface area contributed by atoms with E-state index in [1.165, 1.54) is 22.8 Å². The lowest BCUT2D eigenvalue weighted by molar-refractivity contribution is 0.0966. The first kappa shape index (κ1) is 19.4. The molecule has 0 aliphatic carbocycles. The minimum Gasteiger partial charge on any atom is -0.508 e. The minimum atomic E-state index is -0.392. The number of pyridine rings is 1. The van der Waals surface area contributed by atoms with Gasteiger partial charge in [0.1, 0.15) is 17.2 Å². The predicted octanol–water partition coefficient (Wildman–Crippen LogP) is 5.18. The summed E-state index contributed by atoms with van der Waals surface area (Å²) in [7, 11) is 0. The van der Waals surface area contributed by atoms with Crippen LogP contribution in [0.15, 0.2) is 91.3 Å². The van der Waals surface area contributed by atoms with Crippen molar-refractivity contribution in [2.24, 2.45) is 0 Å². The molecule has 156 valence electrons. The van der Waals surface area contributed by atoms with Gasteiger partial charge >= 0.3 is 0 Å². The molecule has 0 bridgehead atoms. The fraction of sp³-hybridized carbons (Fsp3) is 0. The first-order valence-corrected chi connectivity index (χ1v) is 9.92. The number of hydrogen-bond acceptors (Lipinski definition) is 5. The van der Waals surface area contributed by atoms with Crippen molar-refractivity contribution in [3.63, 3.8) is 0 Å². The van der Waals surface area contributed by atoms with Crippen LogP contribution < -0.4 is 0 Å². The molecular formula is C26H18N2O4. The van der Waals surface area contributed by atoms with Gasteiger partial charge in [0.25, 0.3) is 5.91 Å². The lowest BCUT2D eigenvalue weighted by Crippen LogP contribution is -2.13. The maximum absolute atomic E-state index is 13.4. The quantitative estimate of drug-likeness (QED) is 0.373. The molecule has 0 fully saturated rings. The van der Waals surface area contributed by atoms with Crippen LogP contribution in [0.1, 0.15) is 10.4 Å². The van der Waals surface area contributed by atoms with E-state index >= 15 is 0 Å². The first-order chi connectivity index (χ1) is 15.5. The molecule has 3 aromatic carbocycles. The summed E-state index contributed by atoms with van der Waals surface area (Å²) in [5.41, 5.74) is 4.20. The van der Waals surface area contributed by atoms with E-state index in [2.05, 4.69) is 4.98 Å². The Morgan fingerprint density at radius 3 is 1.94 bits per heavy atom. The second kappa shape index (κ2) is 7.59. The van der Waals surface area contributed by atoms with Crippen molar-refractivity contribution in [3.8, 4) is 39.6 Å². The average Bonchev–Trinajstić information content (AvgIpc) is 3.18. The Balaban J connectivity index is 1.63. The van der Waals surface area contributed by atoms with Crippen molar-refractivity contribution in [2.75, 3.05) is 0 Å². The van der Waals surface area contributed by atoms with Gasteiger partial charge in [0.15, 0.2) is 0 Å². The minimum absolute atomic E-state index is 0.158. The molecule has 0 spiro atoms. The molecule has 3 N–H and O–H groups in total. The van der Waals surface area contributed by atoms with Crippen LogP contribution in [0.3, 0.4) is 0 Å². The summed E-state index contributed by atoms with van der Waals surface area (Å²) >= 11 is 0. The van der Waals surface area contributed by atoms with Crippen LogP contribution in [0.25, 0.3) is 33.3 Å². The molecule has 0 radical (unpaired) electrons. The average molecular weight is 422 g/mol. The van der Waals surface area contributed by atoms with Crippen molar-refractivity contribution in [2.45, 2.75) is 0 Å². The number of nitrogens with zero attached hydrogens (tertiary/aromatic N) is 2. The summed E-state index contributed by atoms with van der Waals surface area (Å²) in [5, 5.41) is 30.0. The number of aromatic nitrogens is 2. The highest BCUT2D eigenvalue weighted by Crippen LogP contribution is 2.32. The molecule has 6 heteroatoms. The van der Waals surface area contributed by atoms with Crippen LogP contribution in [0.5, 0.6) is 17.2 Å². The van der Waals surface area contributed by atoms with Crippen molar-refractivity contribution in [1.29, 1.82) is 0 Å². The van der Waals surface area contributed by atoms with Gasteiger partial charge in [-0.2, -0.15) is 0 Å². The third-order valence-corrected chi connectivity index (χ3v) is 5.34. The van der Waals surface area contributed by atoms with Gasteiger partial charge in [-0.15, -0.1) is 0 Å². The molecule has 0 atom stereocenters. The lowest BCUT2D eigenvalue weighted by Gasteiger charge is -2.11. The molecule has 2 aromatic heterocycles. The largest absolute Gasteiger partial charge is 0.508 e. The van der Waals surface area contributed by atoms with Gasteiger partial charge in [-0.1, -0.05) is 36.4 Å². The number of aromatic hydroxyl groups is 3. The lowest BCUT2D eigenvalue weighted by atomic mass is 10.0. The Hall–Kier alpha value is -4.58. The third-order valence-electron chi connectivity index (χ3n) is 5.34. The number of carbonyl (C=O) groups is 1. The van der Waals surface area contributed by atoms with Crippen molar-refractivity contribution in [3.05, 3.63) is 96.8 Å². The van der Waals surface area contributed by atoms with Crippen molar-refractivity contribution < 1.29 is 20.1 Å². The molecule has 6 nitrogen and oxygen atoms in total. The van der Waals surface area contributed by atoms with Gasteiger partial charge in [0.2, 0.25) is 0 Å². The summed E-state index contributed by atoms with van der Waals surface area (Å²) in [6.07, 6.45) is 3.28.